The average molecular weight is 438 g/mol. The van der Waals surface area contributed by atoms with Crippen LogP contribution in [0.15, 0.2) is 52.5 Å². The van der Waals surface area contributed by atoms with Gasteiger partial charge in [-0.1, -0.05) is 25.3 Å². The Morgan fingerprint density at radius 1 is 1.16 bits per heavy atom. The van der Waals surface area contributed by atoms with Crippen LogP contribution in [0.3, 0.4) is 0 Å². The highest BCUT2D eigenvalue weighted by Gasteiger charge is 2.48. The van der Waals surface area contributed by atoms with E-state index in [1.54, 1.807) is 22.5 Å². The molecule has 5 rings (SSSR count). The summed E-state index contributed by atoms with van der Waals surface area (Å²) < 4.78 is 7.53. The molecule has 3 aromatic rings. The molecule has 2 amide bonds. The minimum absolute atomic E-state index is 0.0750. The van der Waals surface area contributed by atoms with Gasteiger partial charge in [-0.25, -0.2) is 0 Å². The Kier molecular flexibility index (Phi) is 5.22. The van der Waals surface area contributed by atoms with Crippen LogP contribution in [-0.4, -0.2) is 32.9 Å². The highest BCUT2D eigenvalue weighted by molar-refractivity contribution is 7.09. The van der Waals surface area contributed by atoms with Gasteiger partial charge in [-0.2, -0.15) is 0 Å². The van der Waals surface area contributed by atoms with Crippen molar-refractivity contribution in [1.29, 1.82) is 0 Å². The van der Waals surface area contributed by atoms with E-state index in [0.717, 1.165) is 36.3 Å². The quantitative estimate of drug-likeness (QED) is 0.631. The molecule has 1 fully saturated rings. The van der Waals surface area contributed by atoms with Gasteiger partial charge in [0, 0.05) is 10.9 Å². The fraction of sp³-hybridized carbons (Fsp3) is 0.417. The monoisotopic (exact) mass is 437 g/mol. The predicted octanol–water partition coefficient (Wildman–Crippen LogP) is 4.67. The summed E-state index contributed by atoms with van der Waals surface area (Å²) >= 11 is 1.60. The number of hydrogen-bond acceptors (Lipinski definition) is 4. The summed E-state index contributed by atoms with van der Waals surface area (Å²) in [6.07, 6.45) is 7.15. The first kappa shape index (κ1) is 20.1. The minimum atomic E-state index is -0.994. The van der Waals surface area contributed by atoms with Crippen molar-refractivity contribution in [1.82, 2.24) is 14.8 Å². The van der Waals surface area contributed by atoms with Crippen LogP contribution in [0.2, 0.25) is 0 Å². The van der Waals surface area contributed by atoms with Crippen molar-refractivity contribution >= 4 is 23.2 Å². The van der Waals surface area contributed by atoms with Crippen LogP contribution >= 0.6 is 11.3 Å². The second-order valence-corrected chi connectivity index (χ2v) is 9.75. The molecule has 1 N–H and O–H groups in total. The molecule has 1 aliphatic heterocycles. The van der Waals surface area contributed by atoms with Crippen LogP contribution < -0.4 is 5.32 Å². The SMILES string of the molecule is CC1(C(=O)NC2CCCCC2)Cn2c(ccc2-c2ccco2)C(=O)N1Cc1cccs1. The highest BCUT2D eigenvalue weighted by Crippen LogP contribution is 2.35. The Morgan fingerprint density at radius 3 is 2.68 bits per heavy atom. The van der Waals surface area contributed by atoms with Gasteiger partial charge in [0.05, 0.1) is 25.0 Å². The molecular formula is C24H27N3O3S. The standard InChI is InChI=1S/C24H27N3O3S/c1-24(23(29)25-17-7-3-2-4-8-17)16-26-19(21-10-5-13-30-21)11-12-20(26)22(28)27(24)15-18-9-6-14-31-18/h5-6,9-14,17H,2-4,7-8,15-16H2,1H3,(H,25,29). The molecule has 0 radical (unpaired) electrons. The summed E-state index contributed by atoms with van der Waals surface area (Å²) in [4.78, 5) is 30.1. The Balaban J connectivity index is 1.52. The molecule has 7 heteroatoms. The van der Waals surface area contributed by atoms with Crippen LogP contribution in [0.25, 0.3) is 11.5 Å². The third-order valence-corrected chi connectivity index (χ3v) is 7.47. The topological polar surface area (TPSA) is 67.5 Å². The largest absolute Gasteiger partial charge is 0.463 e. The first-order valence-electron chi connectivity index (χ1n) is 10.9. The Bertz CT molecular complexity index is 1060. The summed E-state index contributed by atoms with van der Waals surface area (Å²) in [5.41, 5.74) is 0.415. The van der Waals surface area contributed by atoms with Gasteiger partial charge < -0.3 is 19.2 Å². The van der Waals surface area contributed by atoms with Gasteiger partial charge in [-0.3, -0.25) is 9.59 Å². The van der Waals surface area contributed by atoms with Crippen molar-refractivity contribution in [2.75, 3.05) is 0 Å². The van der Waals surface area contributed by atoms with E-state index in [4.69, 9.17) is 4.42 Å². The van der Waals surface area contributed by atoms with Crippen LogP contribution in [0.1, 0.15) is 54.4 Å². The molecule has 1 saturated carbocycles. The van der Waals surface area contributed by atoms with E-state index in [1.807, 2.05) is 53.3 Å². The molecule has 31 heavy (non-hydrogen) atoms. The zero-order valence-electron chi connectivity index (χ0n) is 17.7. The summed E-state index contributed by atoms with van der Waals surface area (Å²) in [6.45, 7) is 2.71. The molecule has 4 heterocycles. The van der Waals surface area contributed by atoms with Gasteiger partial charge in [0.25, 0.3) is 5.91 Å². The van der Waals surface area contributed by atoms with E-state index in [2.05, 4.69) is 5.32 Å². The number of aromatic nitrogens is 1. The molecule has 162 valence electrons. The molecule has 0 bridgehead atoms. The number of nitrogens with zero attached hydrogens (tertiary/aromatic N) is 2. The normalized spacial score (nSPS) is 21.8. The number of amides is 2. The molecule has 1 unspecified atom stereocenters. The number of fused-ring (bicyclic) bond motifs is 1. The smallest absolute Gasteiger partial charge is 0.271 e. The maximum absolute atomic E-state index is 13.7. The lowest BCUT2D eigenvalue weighted by Crippen LogP contribution is -2.64. The summed E-state index contributed by atoms with van der Waals surface area (Å²) in [6, 6.07) is 11.6. The van der Waals surface area contributed by atoms with Crippen molar-refractivity contribution in [3.05, 3.63) is 58.6 Å². The molecule has 0 saturated heterocycles. The van der Waals surface area contributed by atoms with Crippen molar-refractivity contribution in [3.8, 4) is 11.5 Å². The summed E-state index contributed by atoms with van der Waals surface area (Å²) in [7, 11) is 0. The van der Waals surface area contributed by atoms with Crippen molar-refractivity contribution in [2.45, 2.75) is 63.7 Å². The van der Waals surface area contributed by atoms with E-state index in [0.29, 0.717) is 24.5 Å². The number of carbonyl (C=O) groups excluding carboxylic acids is 2. The maximum Gasteiger partial charge on any atom is 0.271 e. The number of rotatable bonds is 5. The third-order valence-electron chi connectivity index (χ3n) is 6.60. The summed E-state index contributed by atoms with van der Waals surface area (Å²) in [5, 5.41) is 5.27. The van der Waals surface area contributed by atoms with Crippen LogP contribution in [-0.2, 0) is 17.9 Å². The lowest BCUT2D eigenvalue weighted by Gasteiger charge is -2.45. The van der Waals surface area contributed by atoms with E-state index in [9.17, 15) is 9.59 Å². The van der Waals surface area contributed by atoms with Gasteiger partial charge in [-0.05, 0) is 55.5 Å². The molecule has 6 nitrogen and oxygen atoms in total. The molecule has 2 aliphatic rings. The van der Waals surface area contributed by atoms with Gasteiger partial charge in [0.2, 0.25) is 5.91 Å². The van der Waals surface area contributed by atoms with Gasteiger partial charge in [-0.15, -0.1) is 11.3 Å². The number of furan rings is 1. The van der Waals surface area contributed by atoms with Crippen LogP contribution in [0, 0.1) is 0 Å². The highest BCUT2D eigenvalue weighted by atomic mass is 32.1. The van der Waals surface area contributed by atoms with E-state index >= 15 is 0 Å². The maximum atomic E-state index is 13.7. The van der Waals surface area contributed by atoms with Crippen molar-refractivity contribution in [3.63, 3.8) is 0 Å². The molecular weight excluding hydrogens is 410 g/mol. The molecule has 1 atom stereocenters. The predicted molar refractivity (Wildman–Crippen MR) is 120 cm³/mol. The van der Waals surface area contributed by atoms with E-state index in [-0.39, 0.29) is 17.9 Å². The third kappa shape index (κ3) is 3.61. The number of thiophene rings is 1. The first-order valence-corrected chi connectivity index (χ1v) is 11.8. The number of nitrogens with one attached hydrogen (secondary N) is 1. The van der Waals surface area contributed by atoms with Gasteiger partial charge in [0.15, 0.2) is 0 Å². The van der Waals surface area contributed by atoms with E-state index in [1.165, 1.54) is 6.42 Å². The zero-order chi connectivity index (χ0) is 21.4. The van der Waals surface area contributed by atoms with Crippen LogP contribution in [0.5, 0.6) is 0 Å². The summed E-state index contributed by atoms with van der Waals surface area (Å²) in [5.74, 6) is 0.494. The molecule has 3 aromatic heterocycles. The lowest BCUT2D eigenvalue weighted by atomic mass is 9.91. The Hall–Kier alpha value is -2.80. The van der Waals surface area contributed by atoms with Crippen LogP contribution in [0.4, 0.5) is 0 Å². The van der Waals surface area contributed by atoms with Crippen molar-refractivity contribution in [2.24, 2.45) is 0 Å². The van der Waals surface area contributed by atoms with Crippen molar-refractivity contribution < 1.29 is 14.0 Å². The zero-order valence-corrected chi connectivity index (χ0v) is 18.5. The lowest BCUT2D eigenvalue weighted by molar-refractivity contribution is -0.134. The fourth-order valence-corrected chi connectivity index (χ4v) is 5.50. The second kappa shape index (κ2) is 8.04. The number of hydrogen-bond donors (Lipinski definition) is 1. The number of carbonyl (C=O) groups is 2. The second-order valence-electron chi connectivity index (χ2n) is 8.72. The van der Waals surface area contributed by atoms with Gasteiger partial charge >= 0.3 is 0 Å². The van der Waals surface area contributed by atoms with E-state index < -0.39 is 5.54 Å². The minimum Gasteiger partial charge on any atom is -0.463 e. The average Bonchev–Trinajstić information content (AvgIpc) is 3.53. The molecule has 1 aliphatic carbocycles. The Labute approximate surface area is 185 Å². The first-order chi connectivity index (χ1) is 15.1. The molecule has 0 spiro atoms. The van der Waals surface area contributed by atoms with Gasteiger partial charge in [0.1, 0.15) is 17.0 Å². The Morgan fingerprint density at radius 2 is 1.97 bits per heavy atom. The fourth-order valence-electron chi connectivity index (χ4n) is 4.81. The molecule has 0 aromatic carbocycles.